The van der Waals surface area contributed by atoms with Gasteiger partial charge in [0.2, 0.25) is 11.8 Å². The molecule has 132 valence electrons. The molecule has 9 nitrogen and oxygen atoms in total. The van der Waals surface area contributed by atoms with E-state index in [-0.39, 0.29) is 17.9 Å². The van der Waals surface area contributed by atoms with Crippen molar-refractivity contribution in [3.05, 3.63) is 59.9 Å². The smallest absolute Gasteiger partial charge is 0.248 e. The summed E-state index contributed by atoms with van der Waals surface area (Å²) >= 11 is 0. The minimum absolute atomic E-state index is 0.153. The van der Waals surface area contributed by atoms with Crippen LogP contribution < -0.4 is 15.8 Å². The molecule has 0 unspecified atom stereocenters. The molecule has 0 saturated heterocycles. The molecule has 3 aromatic rings. The van der Waals surface area contributed by atoms with E-state index in [4.69, 9.17) is 10.5 Å². The number of ether oxygens (including phenoxy) is 1. The van der Waals surface area contributed by atoms with Crippen LogP contribution in [0.1, 0.15) is 15.9 Å². The van der Waals surface area contributed by atoms with E-state index in [2.05, 4.69) is 20.8 Å². The second kappa shape index (κ2) is 7.43. The van der Waals surface area contributed by atoms with Crippen LogP contribution in [0, 0.1) is 0 Å². The van der Waals surface area contributed by atoms with E-state index in [1.165, 1.54) is 30.3 Å². The molecule has 2 amide bonds. The zero-order valence-corrected chi connectivity index (χ0v) is 13.9. The minimum Gasteiger partial charge on any atom is -0.495 e. The Kier molecular flexibility index (Phi) is 4.88. The Balaban J connectivity index is 1.71. The second-order valence-electron chi connectivity index (χ2n) is 5.43. The van der Waals surface area contributed by atoms with E-state index in [0.29, 0.717) is 11.4 Å². The number of carbonyl (C=O) groups excluding carboxylic acids is 2. The maximum absolute atomic E-state index is 12.3. The number of amides is 2. The first kappa shape index (κ1) is 17.1. The second-order valence-corrected chi connectivity index (χ2v) is 5.43. The standard InChI is InChI=1S/C17H16N6O3/c1-26-15-7-4-12(17(18)25)9-14(15)20-16(24)8-11-2-5-13(6-3-11)23-10-19-21-22-23/h2-7,9-10H,8H2,1H3,(H2,18,25)(H,20,24). The summed E-state index contributed by atoms with van der Waals surface area (Å²) in [6, 6.07) is 11.9. The summed E-state index contributed by atoms with van der Waals surface area (Å²) in [7, 11) is 1.48. The first-order valence-electron chi connectivity index (χ1n) is 7.67. The molecule has 0 bridgehead atoms. The average Bonchev–Trinajstić information content (AvgIpc) is 3.17. The maximum Gasteiger partial charge on any atom is 0.248 e. The van der Waals surface area contributed by atoms with Gasteiger partial charge in [-0.2, -0.15) is 0 Å². The van der Waals surface area contributed by atoms with Crippen molar-refractivity contribution in [2.24, 2.45) is 5.73 Å². The molecule has 3 rings (SSSR count). The van der Waals surface area contributed by atoms with Crippen LogP contribution in [0.25, 0.3) is 5.69 Å². The van der Waals surface area contributed by atoms with Gasteiger partial charge in [0.15, 0.2) is 0 Å². The van der Waals surface area contributed by atoms with Gasteiger partial charge in [0.1, 0.15) is 12.1 Å². The third-order valence-electron chi connectivity index (χ3n) is 3.67. The molecule has 0 spiro atoms. The van der Waals surface area contributed by atoms with Gasteiger partial charge >= 0.3 is 0 Å². The van der Waals surface area contributed by atoms with Gasteiger partial charge in [0, 0.05) is 5.56 Å². The predicted molar refractivity (Wildman–Crippen MR) is 93.0 cm³/mol. The van der Waals surface area contributed by atoms with Crippen molar-refractivity contribution < 1.29 is 14.3 Å². The maximum atomic E-state index is 12.3. The zero-order chi connectivity index (χ0) is 18.5. The van der Waals surface area contributed by atoms with E-state index < -0.39 is 5.91 Å². The van der Waals surface area contributed by atoms with Crippen molar-refractivity contribution in [3.8, 4) is 11.4 Å². The molecule has 1 heterocycles. The number of aromatic nitrogens is 4. The number of nitrogens with one attached hydrogen (secondary N) is 1. The average molecular weight is 352 g/mol. The van der Waals surface area contributed by atoms with E-state index in [1.54, 1.807) is 6.07 Å². The highest BCUT2D eigenvalue weighted by molar-refractivity contribution is 5.98. The van der Waals surface area contributed by atoms with Gasteiger partial charge in [-0.05, 0) is 46.3 Å². The quantitative estimate of drug-likeness (QED) is 0.680. The molecule has 26 heavy (non-hydrogen) atoms. The first-order valence-corrected chi connectivity index (χ1v) is 7.67. The molecule has 0 saturated carbocycles. The minimum atomic E-state index is -0.582. The van der Waals surface area contributed by atoms with Crippen molar-refractivity contribution in [2.45, 2.75) is 6.42 Å². The normalized spacial score (nSPS) is 10.3. The molecule has 0 aliphatic carbocycles. The Bertz CT molecular complexity index is 922. The lowest BCUT2D eigenvalue weighted by Gasteiger charge is -2.11. The van der Waals surface area contributed by atoms with Crippen LogP contribution >= 0.6 is 0 Å². The number of tetrazole rings is 1. The fraction of sp³-hybridized carbons (Fsp3) is 0.118. The topological polar surface area (TPSA) is 125 Å². The molecule has 0 aliphatic heterocycles. The largest absolute Gasteiger partial charge is 0.495 e. The lowest BCUT2D eigenvalue weighted by atomic mass is 10.1. The van der Waals surface area contributed by atoms with Crippen molar-refractivity contribution in [1.82, 2.24) is 20.2 Å². The molecule has 0 radical (unpaired) electrons. The third-order valence-corrected chi connectivity index (χ3v) is 3.67. The number of nitrogens with two attached hydrogens (primary N) is 1. The molecule has 9 heteroatoms. The summed E-state index contributed by atoms with van der Waals surface area (Å²) in [6.07, 6.45) is 1.64. The molecule has 0 atom stereocenters. The molecule has 0 aliphatic rings. The predicted octanol–water partition coefficient (Wildman–Crippen LogP) is 0.951. The van der Waals surface area contributed by atoms with Gasteiger partial charge < -0.3 is 15.8 Å². The number of carbonyl (C=O) groups is 2. The Labute approximate surface area is 148 Å². The Morgan fingerprint density at radius 2 is 1.96 bits per heavy atom. The number of benzene rings is 2. The highest BCUT2D eigenvalue weighted by Crippen LogP contribution is 2.25. The van der Waals surface area contributed by atoms with E-state index in [9.17, 15) is 9.59 Å². The Morgan fingerprint density at radius 1 is 1.19 bits per heavy atom. The van der Waals surface area contributed by atoms with E-state index >= 15 is 0 Å². The van der Waals surface area contributed by atoms with Crippen molar-refractivity contribution in [1.29, 1.82) is 0 Å². The summed E-state index contributed by atoms with van der Waals surface area (Å²) in [5.74, 6) is -0.390. The monoisotopic (exact) mass is 352 g/mol. The first-order chi connectivity index (χ1) is 12.6. The number of methoxy groups -OCH3 is 1. The lowest BCUT2D eigenvalue weighted by Crippen LogP contribution is -2.16. The van der Waals surface area contributed by atoms with Gasteiger partial charge in [0.25, 0.3) is 0 Å². The molecular weight excluding hydrogens is 336 g/mol. The van der Waals surface area contributed by atoms with Crippen LogP contribution in [0.15, 0.2) is 48.8 Å². The summed E-state index contributed by atoms with van der Waals surface area (Å²) in [4.78, 5) is 23.6. The summed E-state index contributed by atoms with van der Waals surface area (Å²) in [6.45, 7) is 0. The number of hydrogen-bond acceptors (Lipinski definition) is 6. The molecular formula is C17H16N6O3. The van der Waals surface area contributed by atoms with Crippen LogP contribution in [0.3, 0.4) is 0 Å². The number of primary amides is 1. The highest BCUT2D eigenvalue weighted by atomic mass is 16.5. The molecule has 3 N–H and O–H groups in total. The third kappa shape index (κ3) is 3.83. The SMILES string of the molecule is COc1ccc(C(N)=O)cc1NC(=O)Cc1ccc(-n2cnnn2)cc1. The van der Waals surface area contributed by atoms with Crippen molar-refractivity contribution in [2.75, 3.05) is 12.4 Å². The fourth-order valence-electron chi connectivity index (χ4n) is 2.38. The van der Waals surface area contributed by atoms with E-state index in [1.807, 2.05) is 24.3 Å². The Hall–Kier alpha value is -3.75. The van der Waals surface area contributed by atoms with Crippen LogP contribution in [0.4, 0.5) is 5.69 Å². The van der Waals surface area contributed by atoms with Crippen molar-refractivity contribution in [3.63, 3.8) is 0 Å². The summed E-state index contributed by atoms with van der Waals surface area (Å²) < 4.78 is 6.72. The number of nitrogens with zero attached hydrogens (tertiary/aromatic N) is 4. The van der Waals surface area contributed by atoms with Gasteiger partial charge in [-0.1, -0.05) is 12.1 Å². The van der Waals surface area contributed by atoms with Gasteiger partial charge in [0.05, 0.1) is 24.9 Å². The fourth-order valence-corrected chi connectivity index (χ4v) is 2.38. The lowest BCUT2D eigenvalue weighted by molar-refractivity contribution is -0.115. The van der Waals surface area contributed by atoms with Crippen LogP contribution in [-0.4, -0.2) is 39.1 Å². The van der Waals surface area contributed by atoms with Gasteiger partial charge in [-0.25, -0.2) is 4.68 Å². The van der Waals surface area contributed by atoms with Crippen LogP contribution in [0.5, 0.6) is 5.75 Å². The van der Waals surface area contributed by atoms with Crippen LogP contribution in [-0.2, 0) is 11.2 Å². The number of anilines is 1. The molecule has 1 aromatic heterocycles. The van der Waals surface area contributed by atoms with Crippen molar-refractivity contribution >= 4 is 17.5 Å². The molecule has 0 fully saturated rings. The van der Waals surface area contributed by atoms with Gasteiger partial charge in [-0.15, -0.1) is 5.10 Å². The van der Waals surface area contributed by atoms with E-state index in [0.717, 1.165) is 11.3 Å². The number of hydrogen-bond donors (Lipinski definition) is 2. The summed E-state index contributed by atoms with van der Waals surface area (Å²) in [5.41, 5.74) is 7.54. The van der Waals surface area contributed by atoms with Gasteiger partial charge in [-0.3, -0.25) is 9.59 Å². The Morgan fingerprint density at radius 3 is 2.58 bits per heavy atom. The molecule has 2 aromatic carbocycles. The highest BCUT2D eigenvalue weighted by Gasteiger charge is 2.11. The number of rotatable bonds is 6. The van der Waals surface area contributed by atoms with Crippen LogP contribution in [0.2, 0.25) is 0 Å². The zero-order valence-electron chi connectivity index (χ0n) is 13.9. The summed E-state index contributed by atoms with van der Waals surface area (Å²) in [5, 5.41) is 13.7.